The summed E-state index contributed by atoms with van der Waals surface area (Å²) in [5.41, 5.74) is 0. The van der Waals surface area contributed by atoms with Gasteiger partial charge in [-0.15, -0.1) is 0 Å². The molecule has 0 rings (SSSR count). The summed E-state index contributed by atoms with van der Waals surface area (Å²) in [5.74, 6) is 0. The van der Waals surface area contributed by atoms with Crippen molar-refractivity contribution in [2.45, 2.75) is 13.1 Å². The summed E-state index contributed by atoms with van der Waals surface area (Å²) in [5, 5.41) is -0.239. The van der Waals surface area contributed by atoms with Crippen molar-refractivity contribution in [2.24, 2.45) is 0 Å². The zero-order valence-corrected chi connectivity index (χ0v) is 5.96. The minimum Gasteiger partial charge on any atom is -0.474 e. The Balaban J connectivity index is 3.56. The second-order valence-electron chi connectivity index (χ2n) is 1.50. The van der Waals surface area contributed by atoms with E-state index in [0.29, 0.717) is 0 Å². The number of allylic oxidation sites excluding steroid dienone is 1. The fourth-order valence-electron chi connectivity index (χ4n) is 0.234. The van der Waals surface area contributed by atoms with Gasteiger partial charge in [-0.05, 0) is 24.6 Å². The molecule has 0 radical (unpaired) electrons. The molecule has 0 saturated heterocycles. The van der Waals surface area contributed by atoms with E-state index < -0.39 is 12.8 Å². The molecule has 60 valence electrons. The fraction of sp³-hybridized carbons (Fsp3) is 0.600. The monoisotopic (exact) mass is 174 g/mol. The average Bonchev–Trinajstić information content (AvgIpc) is 1.81. The second-order valence-corrected chi connectivity index (χ2v) is 1.87. The number of ether oxygens (including phenoxy) is 1. The lowest BCUT2D eigenvalue weighted by atomic mass is 10.7. The highest BCUT2D eigenvalue weighted by atomic mass is 35.5. The first kappa shape index (κ1) is 9.62. The van der Waals surface area contributed by atoms with Crippen molar-refractivity contribution in [2.75, 3.05) is 6.61 Å². The topological polar surface area (TPSA) is 9.23 Å². The summed E-state index contributed by atoms with van der Waals surface area (Å²) in [6.45, 7) is 0.148. The summed E-state index contributed by atoms with van der Waals surface area (Å²) in [6, 6.07) is 0. The van der Waals surface area contributed by atoms with Gasteiger partial charge in [-0.1, -0.05) is 0 Å². The van der Waals surface area contributed by atoms with Crippen molar-refractivity contribution in [3.05, 3.63) is 11.3 Å². The largest absolute Gasteiger partial charge is 0.474 e. The Hall–Kier alpha value is -0.380. The van der Waals surface area contributed by atoms with Gasteiger partial charge in [0.25, 0.3) is 0 Å². The molecule has 0 bridgehead atoms. The molecule has 0 aliphatic carbocycles. The van der Waals surface area contributed by atoms with E-state index in [1.807, 2.05) is 0 Å². The highest BCUT2D eigenvalue weighted by Crippen LogP contribution is 2.17. The van der Waals surface area contributed by atoms with Crippen LogP contribution in [0.1, 0.15) is 6.92 Å². The van der Waals surface area contributed by atoms with Crippen LogP contribution in [0.15, 0.2) is 11.3 Å². The van der Waals surface area contributed by atoms with Crippen LogP contribution in [-0.2, 0) is 4.74 Å². The van der Waals surface area contributed by atoms with Gasteiger partial charge in [0, 0.05) is 0 Å². The fourth-order valence-corrected chi connectivity index (χ4v) is 0.289. The van der Waals surface area contributed by atoms with Gasteiger partial charge in [0.2, 0.25) is 0 Å². The van der Waals surface area contributed by atoms with E-state index in [0.717, 1.165) is 0 Å². The van der Waals surface area contributed by atoms with Crippen LogP contribution in [-0.4, -0.2) is 12.8 Å². The Labute approximate surface area is 61.4 Å². The molecule has 0 aliphatic heterocycles. The number of hydrogen-bond acceptors (Lipinski definition) is 1. The molecule has 0 heterocycles. The maximum Gasteiger partial charge on any atom is 0.422 e. The number of hydrogen-bond donors (Lipinski definition) is 0. The molecule has 0 aromatic carbocycles. The van der Waals surface area contributed by atoms with E-state index in [4.69, 9.17) is 11.6 Å². The SMILES string of the molecule is C/C=C(/Cl)OCC(F)(F)F. The summed E-state index contributed by atoms with van der Waals surface area (Å²) in [6.07, 6.45) is -3.07. The molecule has 0 fully saturated rings. The molecule has 0 aromatic heterocycles. The Morgan fingerprint density at radius 3 is 2.40 bits per heavy atom. The highest BCUT2D eigenvalue weighted by Gasteiger charge is 2.28. The molecule has 0 unspecified atom stereocenters. The van der Waals surface area contributed by atoms with Crippen molar-refractivity contribution in [3.63, 3.8) is 0 Å². The molecule has 1 nitrogen and oxygen atoms in total. The van der Waals surface area contributed by atoms with E-state index in [1.54, 1.807) is 0 Å². The molecule has 0 aromatic rings. The Morgan fingerprint density at radius 1 is 1.60 bits per heavy atom. The minimum atomic E-state index is -4.32. The van der Waals surface area contributed by atoms with Crippen LogP contribution in [0.25, 0.3) is 0 Å². The third kappa shape index (κ3) is 5.75. The van der Waals surface area contributed by atoms with Crippen molar-refractivity contribution >= 4 is 11.6 Å². The third-order valence-corrected chi connectivity index (χ3v) is 0.928. The molecule has 0 saturated carbocycles. The normalized spacial score (nSPS) is 13.5. The van der Waals surface area contributed by atoms with Gasteiger partial charge < -0.3 is 4.74 Å². The summed E-state index contributed by atoms with van der Waals surface area (Å²) in [4.78, 5) is 0. The zero-order chi connectivity index (χ0) is 8.20. The van der Waals surface area contributed by atoms with Crippen LogP contribution in [0.3, 0.4) is 0 Å². The molecule has 0 aliphatic rings. The van der Waals surface area contributed by atoms with Crippen molar-refractivity contribution in [1.29, 1.82) is 0 Å². The number of alkyl halides is 3. The average molecular weight is 175 g/mol. The predicted octanol–water partition coefficient (Wildman–Crippen LogP) is 2.67. The van der Waals surface area contributed by atoms with Crippen LogP contribution >= 0.6 is 11.6 Å². The van der Waals surface area contributed by atoms with Gasteiger partial charge in [-0.2, -0.15) is 13.2 Å². The molecule has 0 amide bonds. The van der Waals surface area contributed by atoms with E-state index in [2.05, 4.69) is 4.74 Å². The molecule has 0 spiro atoms. The maximum atomic E-state index is 11.3. The quantitative estimate of drug-likeness (QED) is 0.585. The highest BCUT2D eigenvalue weighted by molar-refractivity contribution is 6.28. The van der Waals surface area contributed by atoms with Crippen LogP contribution in [0.5, 0.6) is 0 Å². The van der Waals surface area contributed by atoms with Gasteiger partial charge in [0.1, 0.15) is 0 Å². The second kappa shape index (κ2) is 3.71. The standard InChI is InChI=1S/C5H6ClF3O/c1-2-4(6)10-3-5(7,8)9/h2H,3H2,1H3/b4-2-. The summed E-state index contributed by atoms with van der Waals surface area (Å²) < 4.78 is 38.1. The van der Waals surface area contributed by atoms with E-state index in [-0.39, 0.29) is 5.22 Å². The predicted molar refractivity (Wildman–Crippen MR) is 31.6 cm³/mol. The first-order chi connectivity index (χ1) is 4.45. The molecule has 10 heavy (non-hydrogen) atoms. The minimum absolute atomic E-state index is 0.239. The van der Waals surface area contributed by atoms with Crippen molar-refractivity contribution < 1.29 is 17.9 Å². The number of halogens is 4. The van der Waals surface area contributed by atoms with Crippen LogP contribution in [0.2, 0.25) is 0 Å². The van der Waals surface area contributed by atoms with Gasteiger partial charge in [0.05, 0.1) is 0 Å². The van der Waals surface area contributed by atoms with Gasteiger partial charge >= 0.3 is 6.18 Å². The number of rotatable bonds is 2. The smallest absolute Gasteiger partial charge is 0.422 e. The van der Waals surface area contributed by atoms with Gasteiger partial charge in [-0.3, -0.25) is 0 Å². The Morgan fingerprint density at radius 2 is 2.10 bits per heavy atom. The lowest BCUT2D eigenvalue weighted by molar-refractivity contribution is -0.162. The lowest BCUT2D eigenvalue weighted by Gasteiger charge is -2.06. The van der Waals surface area contributed by atoms with Crippen LogP contribution < -0.4 is 0 Å². The molecule has 0 N–H and O–H groups in total. The van der Waals surface area contributed by atoms with E-state index >= 15 is 0 Å². The van der Waals surface area contributed by atoms with Crippen molar-refractivity contribution in [1.82, 2.24) is 0 Å². The lowest BCUT2D eigenvalue weighted by Crippen LogP contribution is -2.15. The molecular weight excluding hydrogens is 169 g/mol. The van der Waals surface area contributed by atoms with E-state index in [9.17, 15) is 13.2 Å². The van der Waals surface area contributed by atoms with Gasteiger partial charge in [-0.25, -0.2) is 0 Å². The maximum absolute atomic E-state index is 11.3. The Bertz CT molecular complexity index is 129. The Kier molecular flexibility index (Phi) is 3.57. The van der Waals surface area contributed by atoms with Crippen LogP contribution in [0.4, 0.5) is 13.2 Å². The van der Waals surface area contributed by atoms with Crippen LogP contribution in [0, 0.1) is 0 Å². The zero-order valence-electron chi connectivity index (χ0n) is 5.20. The molecular formula is C5H6ClF3O. The summed E-state index contributed by atoms with van der Waals surface area (Å²) >= 11 is 5.11. The summed E-state index contributed by atoms with van der Waals surface area (Å²) in [7, 11) is 0. The van der Waals surface area contributed by atoms with Gasteiger partial charge in [0.15, 0.2) is 11.8 Å². The van der Waals surface area contributed by atoms with Crippen molar-refractivity contribution in [3.8, 4) is 0 Å². The molecule has 0 atom stereocenters. The first-order valence-corrected chi connectivity index (χ1v) is 2.85. The molecule has 5 heteroatoms. The first-order valence-electron chi connectivity index (χ1n) is 2.47. The van der Waals surface area contributed by atoms with E-state index in [1.165, 1.54) is 13.0 Å². The third-order valence-electron chi connectivity index (χ3n) is 0.601.